The summed E-state index contributed by atoms with van der Waals surface area (Å²) in [6.45, 7) is 3.49. The van der Waals surface area contributed by atoms with Crippen molar-refractivity contribution in [2.45, 2.75) is 18.1 Å². The van der Waals surface area contributed by atoms with E-state index in [1.54, 1.807) is 13.8 Å². The Morgan fingerprint density at radius 2 is 2.14 bits per heavy atom. The summed E-state index contributed by atoms with van der Waals surface area (Å²) in [7, 11) is -4.10. The Bertz CT molecular complexity index is 858. The fourth-order valence-electron chi connectivity index (χ4n) is 1.57. The van der Waals surface area contributed by atoms with E-state index < -0.39 is 21.7 Å². The van der Waals surface area contributed by atoms with Crippen LogP contribution >= 0.6 is 22.7 Å². The zero-order chi connectivity index (χ0) is 15.8. The molecule has 0 aliphatic heterocycles. The molecular weight excluding hydrogens is 334 g/mol. The van der Waals surface area contributed by atoms with Gasteiger partial charge in [0.2, 0.25) is 0 Å². The third-order valence-corrected chi connectivity index (χ3v) is 6.68. The molecule has 2 heterocycles. The predicted molar refractivity (Wildman–Crippen MR) is 78.4 cm³/mol. The molecule has 0 aliphatic rings. The molecule has 0 bridgehead atoms. The number of thiophene rings is 1. The van der Waals surface area contributed by atoms with Gasteiger partial charge in [0, 0.05) is 4.88 Å². The molecule has 2 rings (SSSR count). The fraction of sp³-hybridized carbons (Fsp3) is 0.182. The normalized spacial score (nSPS) is 11.1. The van der Waals surface area contributed by atoms with Crippen LogP contribution in [0.15, 0.2) is 9.72 Å². The molecule has 0 saturated heterocycles. The van der Waals surface area contributed by atoms with Crippen LogP contribution in [0, 0.1) is 25.2 Å². The average Bonchev–Trinajstić information content (AvgIpc) is 2.96. The summed E-state index contributed by atoms with van der Waals surface area (Å²) < 4.78 is 26.4. The van der Waals surface area contributed by atoms with Crippen molar-refractivity contribution >= 4 is 43.7 Å². The van der Waals surface area contributed by atoms with Crippen LogP contribution < -0.4 is 4.72 Å². The van der Waals surface area contributed by atoms with Crippen LogP contribution in [-0.4, -0.2) is 24.5 Å². The van der Waals surface area contributed by atoms with Crippen molar-refractivity contribution in [3.8, 4) is 6.07 Å². The Kier molecular flexibility index (Phi) is 3.99. The Morgan fingerprint density at radius 1 is 1.48 bits per heavy atom. The van der Waals surface area contributed by atoms with Gasteiger partial charge in [-0.25, -0.2) is 18.2 Å². The predicted octanol–water partition coefficient (Wildman–Crippen LogP) is 2.19. The summed E-state index contributed by atoms with van der Waals surface area (Å²) in [4.78, 5) is 15.3. The second-order valence-electron chi connectivity index (χ2n) is 4.00. The largest absolute Gasteiger partial charge is 0.476 e. The Morgan fingerprint density at radius 3 is 2.71 bits per heavy atom. The number of nitrogens with one attached hydrogen (secondary N) is 1. The van der Waals surface area contributed by atoms with Gasteiger partial charge >= 0.3 is 5.97 Å². The zero-order valence-electron chi connectivity index (χ0n) is 10.9. The standard InChI is InChI=1S/C11H9N3O4S3/c1-5-6(2)20-9(7(5)3-12)14-21(17,18)11-8(10(15)16)13-4-19-11/h4,14H,1-2H3,(H,15,16). The van der Waals surface area contributed by atoms with Crippen molar-refractivity contribution in [2.24, 2.45) is 0 Å². The average molecular weight is 343 g/mol. The van der Waals surface area contributed by atoms with Crippen LogP contribution in [0.2, 0.25) is 0 Å². The molecule has 0 spiro atoms. The molecule has 2 aromatic rings. The second kappa shape index (κ2) is 5.44. The second-order valence-corrected chi connectivity index (χ2v) is 7.96. The highest BCUT2D eigenvalue weighted by molar-refractivity contribution is 7.95. The smallest absolute Gasteiger partial charge is 0.356 e. The lowest BCUT2D eigenvalue weighted by molar-refractivity contribution is 0.0687. The lowest BCUT2D eigenvalue weighted by atomic mass is 10.2. The van der Waals surface area contributed by atoms with Gasteiger partial charge in [0.05, 0.1) is 11.1 Å². The molecule has 0 atom stereocenters. The fourth-order valence-corrected chi connectivity index (χ4v) is 5.03. The van der Waals surface area contributed by atoms with E-state index in [0.29, 0.717) is 16.9 Å². The van der Waals surface area contributed by atoms with Crippen molar-refractivity contribution in [3.63, 3.8) is 0 Å². The first kappa shape index (κ1) is 15.4. The highest BCUT2D eigenvalue weighted by Gasteiger charge is 2.27. The quantitative estimate of drug-likeness (QED) is 0.878. The van der Waals surface area contributed by atoms with Crippen LogP contribution in [0.4, 0.5) is 5.00 Å². The molecule has 21 heavy (non-hydrogen) atoms. The van der Waals surface area contributed by atoms with Crippen LogP contribution in [0.5, 0.6) is 0 Å². The summed E-state index contributed by atoms with van der Waals surface area (Å²) in [5, 5.41) is 18.2. The number of aromatic nitrogens is 1. The lowest BCUT2D eigenvalue weighted by Gasteiger charge is -2.05. The van der Waals surface area contributed by atoms with Gasteiger partial charge in [0.1, 0.15) is 11.1 Å². The van der Waals surface area contributed by atoms with Crippen LogP contribution in [0.25, 0.3) is 0 Å². The van der Waals surface area contributed by atoms with Crippen molar-refractivity contribution in [3.05, 3.63) is 27.2 Å². The maximum Gasteiger partial charge on any atom is 0.356 e. The van der Waals surface area contributed by atoms with Gasteiger partial charge in [0.25, 0.3) is 10.0 Å². The molecule has 2 N–H and O–H groups in total. The van der Waals surface area contributed by atoms with Crippen LogP contribution in [0.1, 0.15) is 26.5 Å². The topological polar surface area (TPSA) is 120 Å². The summed E-state index contributed by atoms with van der Waals surface area (Å²) in [5.41, 5.74) is 1.55. The summed E-state index contributed by atoms with van der Waals surface area (Å²) in [6.07, 6.45) is 0. The van der Waals surface area contributed by atoms with E-state index in [9.17, 15) is 13.2 Å². The van der Waals surface area contributed by atoms with Gasteiger partial charge in [-0.3, -0.25) is 4.72 Å². The van der Waals surface area contributed by atoms with E-state index in [2.05, 4.69) is 9.71 Å². The number of hydrogen-bond donors (Lipinski definition) is 2. The minimum Gasteiger partial charge on any atom is -0.476 e. The third-order valence-electron chi connectivity index (χ3n) is 2.71. The number of nitriles is 1. The van der Waals surface area contributed by atoms with E-state index in [0.717, 1.165) is 21.7 Å². The van der Waals surface area contributed by atoms with E-state index in [1.807, 2.05) is 6.07 Å². The molecule has 110 valence electrons. The molecule has 0 saturated carbocycles. The molecule has 0 fully saturated rings. The number of thiazole rings is 1. The first-order chi connectivity index (χ1) is 9.77. The Balaban J connectivity index is 2.48. The molecule has 0 aromatic carbocycles. The van der Waals surface area contributed by atoms with Gasteiger partial charge in [-0.2, -0.15) is 5.26 Å². The summed E-state index contributed by atoms with van der Waals surface area (Å²) >= 11 is 1.84. The maximum atomic E-state index is 12.3. The molecule has 7 nitrogen and oxygen atoms in total. The van der Waals surface area contributed by atoms with E-state index >= 15 is 0 Å². The molecule has 0 radical (unpaired) electrons. The monoisotopic (exact) mass is 343 g/mol. The number of rotatable bonds is 4. The third kappa shape index (κ3) is 2.76. The van der Waals surface area contributed by atoms with Crippen molar-refractivity contribution in [1.29, 1.82) is 5.26 Å². The number of carboxylic acid groups (broad SMARTS) is 1. The number of nitrogens with zero attached hydrogens (tertiary/aromatic N) is 2. The number of sulfonamides is 1. The Labute approximate surface area is 128 Å². The number of aryl methyl sites for hydroxylation is 1. The zero-order valence-corrected chi connectivity index (χ0v) is 13.3. The van der Waals surface area contributed by atoms with E-state index in [-0.39, 0.29) is 14.8 Å². The van der Waals surface area contributed by atoms with Gasteiger partial charge in [0.15, 0.2) is 9.90 Å². The summed E-state index contributed by atoms with van der Waals surface area (Å²) in [6, 6.07) is 1.94. The highest BCUT2D eigenvalue weighted by Crippen LogP contribution is 2.34. The number of anilines is 1. The van der Waals surface area contributed by atoms with Gasteiger partial charge in [-0.05, 0) is 19.4 Å². The molecule has 0 aliphatic carbocycles. The molecule has 0 amide bonds. The van der Waals surface area contributed by atoms with Crippen molar-refractivity contribution in [1.82, 2.24) is 4.98 Å². The Hall–Kier alpha value is -1.96. The number of carbonyl (C=O) groups is 1. The lowest BCUT2D eigenvalue weighted by Crippen LogP contribution is -2.15. The van der Waals surface area contributed by atoms with Gasteiger partial charge in [-0.15, -0.1) is 22.7 Å². The minimum absolute atomic E-state index is 0.178. The molecule has 0 unspecified atom stereocenters. The van der Waals surface area contributed by atoms with Crippen molar-refractivity contribution in [2.75, 3.05) is 4.72 Å². The molecule has 2 aromatic heterocycles. The van der Waals surface area contributed by atoms with Gasteiger partial charge < -0.3 is 5.11 Å². The maximum absolute atomic E-state index is 12.3. The number of carboxylic acids is 1. The first-order valence-corrected chi connectivity index (χ1v) is 8.65. The molecular formula is C11H9N3O4S3. The number of hydrogen-bond acceptors (Lipinski definition) is 7. The van der Waals surface area contributed by atoms with Crippen LogP contribution in [-0.2, 0) is 10.0 Å². The highest BCUT2D eigenvalue weighted by atomic mass is 32.2. The minimum atomic E-state index is -4.10. The van der Waals surface area contributed by atoms with Gasteiger partial charge in [-0.1, -0.05) is 0 Å². The van der Waals surface area contributed by atoms with E-state index in [1.165, 1.54) is 0 Å². The first-order valence-electron chi connectivity index (χ1n) is 5.47. The summed E-state index contributed by atoms with van der Waals surface area (Å²) in [5.74, 6) is -1.42. The number of aromatic carboxylic acids is 1. The van der Waals surface area contributed by atoms with Crippen molar-refractivity contribution < 1.29 is 18.3 Å². The SMILES string of the molecule is Cc1sc(NS(=O)(=O)c2scnc2C(=O)O)c(C#N)c1C. The van der Waals surface area contributed by atoms with E-state index in [4.69, 9.17) is 10.4 Å². The molecule has 10 heteroatoms. The van der Waals surface area contributed by atoms with Crippen LogP contribution in [0.3, 0.4) is 0 Å².